The van der Waals surface area contributed by atoms with Crippen molar-refractivity contribution in [3.05, 3.63) is 77.3 Å². The molecule has 0 unspecified atom stereocenters. The molecule has 2 heterocycles. The molecular formula is C22H23N5O3. The number of anilines is 1. The number of allylic oxidation sites excluding steroid dienone is 1. The molecule has 0 fully saturated rings. The molecule has 0 saturated carbocycles. The normalized spacial score (nSPS) is 15.3. The Bertz CT molecular complexity index is 1090. The average Bonchev–Trinajstić information content (AvgIpc) is 3.20. The fourth-order valence-electron chi connectivity index (χ4n) is 3.54. The maximum Gasteiger partial charge on any atom is 0.248 e. The van der Waals surface area contributed by atoms with E-state index in [4.69, 9.17) is 15.2 Å². The standard InChI is InChI=1S/C22H23N5O3/c1-3-29-18-11-16(9-10-17(18)30-12-15-7-5-4-6-8-15)20-19(21(23)28)14(2)26-22-24-13-25-27(20)22/h4-11,13,20H,3,12H2,1-2H3,(H2,23,28)(H,24,25,26)/t20-/m1/s1. The lowest BCUT2D eigenvalue weighted by Gasteiger charge is -2.28. The molecular weight excluding hydrogens is 382 g/mol. The highest BCUT2D eigenvalue weighted by Crippen LogP contribution is 2.38. The van der Waals surface area contributed by atoms with Crippen LogP contribution in [0.25, 0.3) is 0 Å². The van der Waals surface area contributed by atoms with Gasteiger partial charge in [-0.2, -0.15) is 10.1 Å². The maximum atomic E-state index is 12.2. The molecule has 0 spiro atoms. The van der Waals surface area contributed by atoms with E-state index >= 15 is 0 Å². The van der Waals surface area contributed by atoms with Crippen LogP contribution in [0.1, 0.15) is 31.0 Å². The van der Waals surface area contributed by atoms with Crippen LogP contribution in [0, 0.1) is 0 Å². The number of amides is 1. The van der Waals surface area contributed by atoms with Crippen molar-refractivity contribution < 1.29 is 14.3 Å². The highest BCUT2D eigenvalue weighted by Gasteiger charge is 2.32. The SMILES string of the molecule is CCOc1cc([C@@H]2C(C(N)=O)=C(C)Nc3ncnn32)ccc1OCc1ccccc1. The van der Waals surface area contributed by atoms with Gasteiger partial charge < -0.3 is 20.5 Å². The minimum Gasteiger partial charge on any atom is -0.490 e. The Morgan fingerprint density at radius 3 is 2.70 bits per heavy atom. The number of ether oxygens (including phenoxy) is 2. The van der Waals surface area contributed by atoms with Crippen LogP contribution in [0.2, 0.25) is 0 Å². The molecule has 8 nitrogen and oxygen atoms in total. The molecule has 1 atom stereocenters. The zero-order valence-corrected chi connectivity index (χ0v) is 16.8. The number of carbonyl (C=O) groups is 1. The van der Waals surface area contributed by atoms with E-state index in [0.29, 0.717) is 41.9 Å². The summed E-state index contributed by atoms with van der Waals surface area (Å²) in [6, 6.07) is 15.0. The van der Waals surface area contributed by atoms with Crippen LogP contribution < -0.4 is 20.5 Å². The third kappa shape index (κ3) is 3.71. The Kier molecular flexibility index (Phi) is 5.38. The second-order valence-corrected chi connectivity index (χ2v) is 6.87. The molecule has 1 aliphatic heterocycles. The molecule has 1 aliphatic rings. The Morgan fingerprint density at radius 2 is 1.97 bits per heavy atom. The van der Waals surface area contributed by atoms with Crippen LogP contribution in [0.3, 0.4) is 0 Å². The van der Waals surface area contributed by atoms with Crippen molar-refractivity contribution in [1.29, 1.82) is 0 Å². The van der Waals surface area contributed by atoms with Gasteiger partial charge in [-0.05, 0) is 37.1 Å². The van der Waals surface area contributed by atoms with E-state index in [9.17, 15) is 4.79 Å². The van der Waals surface area contributed by atoms with Crippen molar-refractivity contribution in [3.8, 4) is 11.5 Å². The van der Waals surface area contributed by atoms with Crippen LogP contribution >= 0.6 is 0 Å². The largest absolute Gasteiger partial charge is 0.490 e. The first kappa shape index (κ1) is 19.5. The first-order valence-corrected chi connectivity index (χ1v) is 9.69. The van der Waals surface area contributed by atoms with E-state index in [2.05, 4.69) is 15.4 Å². The highest BCUT2D eigenvalue weighted by molar-refractivity contribution is 5.95. The molecule has 3 N–H and O–H groups in total. The molecule has 8 heteroatoms. The lowest BCUT2D eigenvalue weighted by Crippen LogP contribution is -2.31. The fourth-order valence-corrected chi connectivity index (χ4v) is 3.54. The number of hydrogen-bond acceptors (Lipinski definition) is 6. The van der Waals surface area contributed by atoms with Crippen molar-refractivity contribution in [1.82, 2.24) is 14.8 Å². The fraction of sp³-hybridized carbons (Fsp3) is 0.227. The lowest BCUT2D eigenvalue weighted by molar-refractivity contribution is -0.115. The summed E-state index contributed by atoms with van der Waals surface area (Å²) in [7, 11) is 0. The number of carbonyl (C=O) groups excluding carboxylic acids is 1. The molecule has 0 aliphatic carbocycles. The van der Waals surface area contributed by atoms with Gasteiger partial charge in [-0.3, -0.25) is 4.79 Å². The van der Waals surface area contributed by atoms with E-state index < -0.39 is 11.9 Å². The van der Waals surface area contributed by atoms with Crippen LogP contribution in [0.4, 0.5) is 5.95 Å². The number of benzene rings is 2. The second kappa shape index (κ2) is 8.28. The van der Waals surface area contributed by atoms with Crippen LogP contribution in [-0.2, 0) is 11.4 Å². The van der Waals surface area contributed by atoms with E-state index in [1.165, 1.54) is 6.33 Å². The van der Waals surface area contributed by atoms with Crippen molar-refractivity contribution in [3.63, 3.8) is 0 Å². The number of fused-ring (bicyclic) bond motifs is 1. The summed E-state index contributed by atoms with van der Waals surface area (Å²) in [6.07, 6.45) is 1.44. The molecule has 0 radical (unpaired) electrons. The van der Waals surface area contributed by atoms with Gasteiger partial charge in [0.2, 0.25) is 11.9 Å². The Balaban J connectivity index is 1.70. The summed E-state index contributed by atoms with van der Waals surface area (Å²) in [6.45, 7) is 4.61. The zero-order chi connectivity index (χ0) is 21.1. The average molecular weight is 405 g/mol. The number of nitrogens with zero attached hydrogens (tertiary/aromatic N) is 3. The highest BCUT2D eigenvalue weighted by atomic mass is 16.5. The monoisotopic (exact) mass is 405 g/mol. The van der Waals surface area contributed by atoms with Crippen molar-refractivity contribution in [2.24, 2.45) is 5.73 Å². The summed E-state index contributed by atoms with van der Waals surface area (Å²) in [5, 5.41) is 7.36. The van der Waals surface area contributed by atoms with Crippen molar-refractivity contribution in [2.45, 2.75) is 26.5 Å². The molecule has 4 rings (SSSR count). The van der Waals surface area contributed by atoms with Crippen molar-refractivity contribution >= 4 is 11.9 Å². The van der Waals surface area contributed by atoms with E-state index in [1.807, 2.05) is 55.5 Å². The summed E-state index contributed by atoms with van der Waals surface area (Å²) in [4.78, 5) is 16.4. The molecule has 2 aromatic carbocycles. The Morgan fingerprint density at radius 1 is 1.17 bits per heavy atom. The van der Waals surface area contributed by atoms with Crippen molar-refractivity contribution in [2.75, 3.05) is 11.9 Å². The molecule has 3 aromatic rings. The summed E-state index contributed by atoms with van der Waals surface area (Å²) >= 11 is 0. The minimum atomic E-state index is -0.520. The van der Waals surface area contributed by atoms with Crippen LogP contribution in [0.15, 0.2) is 66.1 Å². The molecule has 1 aromatic heterocycles. The predicted molar refractivity (Wildman–Crippen MR) is 112 cm³/mol. The van der Waals surface area contributed by atoms with Gasteiger partial charge in [-0.15, -0.1) is 0 Å². The van der Waals surface area contributed by atoms with Crippen LogP contribution in [0.5, 0.6) is 11.5 Å². The van der Waals surface area contributed by atoms with Gasteiger partial charge in [0.1, 0.15) is 19.0 Å². The third-order valence-electron chi connectivity index (χ3n) is 4.88. The Hall–Kier alpha value is -3.81. The van der Waals surface area contributed by atoms with E-state index in [0.717, 1.165) is 11.1 Å². The van der Waals surface area contributed by atoms with Gasteiger partial charge in [0, 0.05) is 5.70 Å². The number of nitrogens with two attached hydrogens (primary N) is 1. The molecule has 1 amide bonds. The number of nitrogens with one attached hydrogen (secondary N) is 1. The van der Waals surface area contributed by atoms with Crippen LogP contribution in [-0.4, -0.2) is 27.3 Å². The number of aromatic nitrogens is 3. The maximum absolute atomic E-state index is 12.2. The van der Waals surface area contributed by atoms with Gasteiger partial charge in [0.15, 0.2) is 11.5 Å². The topological polar surface area (TPSA) is 104 Å². The third-order valence-corrected chi connectivity index (χ3v) is 4.88. The lowest BCUT2D eigenvalue weighted by atomic mass is 9.95. The Labute approximate surface area is 174 Å². The van der Waals surface area contributed by atoms with Gasteiger partial charge in [-0.1, -0.05) is 36.4 Å². The summed E-state index contributed by atoms with van der Waals surface area (Å²) in [5.74, 6) is 1.24. The molecule has 154 valence electrons. The van der Waals surface area contributed by atoms with Gasteiger partial charge in [0.05, 0.1) is 12.2 Å². The van der Waals surface area contributed by atoms with E-state index in [1.54, 1.807) is 11.6 Å². The smallest absolute Gasteiger partial charge is 0.248 e. The van der Waals surface area contributed by atoms with E-state index in [-0.39, 0.29) is 0 Å². The molecule has 30 heavy (non-hydrogen) atoms. The first-order valence-electron chi connectivity index (χ1n) is 9.69. The summed E-state index contributed by atoms with van der Waals surface area (Å²) < 4.78 is 13.5. The minimum absolute atomic E-state index is 0.423. The second-order valence-electron chi connectivity index (χ2n) is 6.87. The van der Waals surface area contributed by atoms with Gasteiger partial charge in [0.25, 0.3) is 0 Å². The molecule has 0 saturated heterocycles. The predicted octanol–water partition coefficient (Wildman–Crippen LogP) is 3.03. The first-order chi connectivity index (χ1) is 14.6. The van der Waals surface area contributed by atoms with Gasteiger partial charge >= 0.3 is 0 Å². The quantitative estimate of drug-likeness (QED) is 0.626. The van der Waals surface area contributed by atoms with Gasteiger partial charge in [-0.25, -0.2) is 4.68 Å². The number of primary amides is 1. The zero-order valence-electron chi connectivity index (χ0n) is 16.8. The molecule has 0 bridgehead atoms. The number of hydrogen-bond donors (Lipinski definition) is 2. The summed E-state index contributed by atoms with van der Waals surface area (Å²) in [5.41, 5.74) is 8.63. The number of rotatable bonds is 7.